The first-order valence-electron chi connectivity index (χ1n) is 9.30. The van der Waals surface area contributed by atoms with Crippen molar-refractivity contribution in [3.63, 3.8) is 0 Å². The Balaban J connectivity index is 1.58. The number of rotatable bonds is 7. The lowest BCUT2D eigenvalue weighted by Gasteiger charge is -2.18. The Morgan fingerprint density at radius 1 is 0.933 bits per heavy atom. The van der Waals surface area contributed by atoms with Crippen LogP contribution >= 0.6 is 23.2 Å². The number of halogens is 2. The molecule has 0 aliphatic carbocycles. The normalized spacial score (nSPS) is 10.4. The fraction of sp³-hybridized carbons (Fsp3) is 0.130. The monoisotopic (exact) mass is 441 g/mol. The molecule has 30 heavy (non-hydrogen) atoms. The average Bonchev–Trinajstić information content (AvgIpc) is 2.74. The summed E-state index contributed by atoms with van der Waals surface area (Å²) in [6.07, 6.45) is 0. The third-order valence-electron chi connectivity index (χ3n) is 4.38. The molecule has 0 bridgehead atoms. The number of amides is 2. The summed E-state index contributed by atoms with van der Waals surface area (Å²) in [4.78, 5) is 26.6. The third-order valence-corrected chi connectivity index (χ3v) is 4.92. The van der Waals surface area contributed by atoms with Crippen LogP contribution in [0.3, 0.4) is 0 Å². The molecule has 0 fully saturated rings. The second-order valence-corrected chi connectivity index (χ2v) is 7.60. The molecule has 0 aliphatic rings. The minimum Gasteiger partial charge on any atom is -0.376 e. The number of hydrogen-bond acceptors (Lipinski definition) is 3. The van der Waals surface area contributed by atoms with Crippen LogP contribution in [0.25, 0.3) is 0 Å². The van der Waals surface area contributed by atoms with Gasteiger partial charge in [-0.25, -0.2) is 0 Å². The van der Waals surface area contributed by atoms with Crippen LogP contribution in [0.2, 0.25) is 10.0 Å². The maximum atomic E-state index is 12.7. The second-order valence-electron chi connectivity index (χ2n) is 6.75. The molecule has 0 heterocycles. The van der Waals surface area contributed by atoms with Gasteiger partial charge in [0.25, 0.3) is 5.91 Å². The van der Waals surface area contributed by atoms with Gasteiger partial charge in [-0.2, -0.15) is 0 Å². The molecule has 0 spiro atoms. The largest absolute Gasteiger partial charge is 0.376 e. The van der Waals surface area contributed by atoms with E-state index in [9.17, 15) is 9.59 Å². The highest BCUT2D eigenvalue weighted by atomic mass is 35.5. The van der Waals surface area contributed by atoms with E-state index in [0.717, 1.165) is 5.56 Å². The van der Waals surface area contributed by atoms with Crippen LogP contribution in [0, 0.1) is 0 Å². The molecule has 0 aromatic heterocycles. The minimum atomic E-state index is -0.267. The molecule has 2 amide bonds. The Bertz CT molecular complexity index is 1040. The number of carbonyl (C=O) groups is 2. The molecule has 0 atom stereocenters. The molecule has 0 radical (unpaired) electrons. The first kappa shape index (κ1) is 21.7. The van der Waals surface area contributed by atoms with Crippen molar-refractivity contribution in [3.05, 3.63) is 94.0 Å². The summed E-state index contributed by atoms with van der Waals surface area (Å²) in [5, 5.41) is 6.61. The summed E-state index contributed by atoms with van der Waals surface area (Å²) in [5.41, 5.74) is 2.75. The lowest BCUT2D eigenvalue weighted by molar-refractivity contribution is -0.114. The number of anilines is 2. The van der Waals surface area contributed by atoms with Crippen LogP contribution in [-0.4, -0.2) is 30.3 Å². The van der Waals surface area contributed by atoms with E-state index in [-0.39, 0.29) is 18.4 Å². The van der Waals surface area contributed by atoms with Crippen molar-refractivity contribution in [2.45, 2.75) is 6.54 Å². The second kappa shape index (κ2) is 10.1. The van der Waals surface area contributed by atoms with E-state index < -0.39 is 0 Å². The van der Waals surface area contributed by atoms with Crippen molar-refractivity contribution < 1.29 is 9.59 Å². The van der Waals surface area contributed by atoms with E-state index in [0.29, 0.717) is 33.5 Å². The van der Waals surface area contributed by atoms with Crippen molar-refractivity contribution in [1.29, 1.82) is 0 Å². The van der Waals surface area contributed by atoms with Gasteiger partial charge in [-0.1, -0.05) is 59.6 Å². The maximum absolute atomic E-state index is 12.7. The van der Waals surface area contributed by atoms with Crippen molar-refractivity contribution >= 4 is 46.4 Å². The summed E-state index contributed by atoms with van der Waals surface area (Å²) in [7, 11) is 1.76. The summed E-state index contributed by atoms with van der Waals surface area (Å²) in [5.74, 6) is -0.364. The van der Waals surface area contributed by atoms with E-state index in [1.165, 1.54) is 0 Å². The summed E-state index contributed by atoms with van der Waals surface area (Å²) in [6, 6.07) is 21.7. The van der Waals surface area contributed by atoms with Crippen LogP contribution in [0.1, 0.15) is 15.9 Å². The van der Waals surface area contributed by atoms with Gasteiger partial charge < -0.3 is 15.5 Å². The number of hydrogen-bond donors (Lipinski definition) is 2. The molecule has 0 aliphatic heterocycles. The highest BCUT2D eigenvalue weighted by molar-refractivity contribution is 6.36. The van der Waals surface area contributed by atoms with Crippen LogP contribution < -0.4 is 10.6 Å². The number of nitrogens with one attached hydrogen (secondary N) is 2. The molecular formula is C23H21Cl2N3O2. The van der Waals surface area contributed by atoms with E-state index in [1.54, 1.807) is 54.4 Å². The van der Waals surface area contributed by atoms with Gasteiger partial charge in [0.1, 0.15) is 0 Å². The van der Waals surface area contributed by atoms with Gasteiger partial charge in [0.2, 0.25) is 5.91 Å². The highest BCUT2D eigenvalue weighted by Gasteiger charge is 2.13. The van der Waals surface area contributed by atoms with Gasteiger partial charge in [0.05, 0.1) is 17.3 Å². The molecule has 0 saturated heterocycles. The Labute approximate surface area is 185 Å². The van der Waals surface area contributed by atoms with Gasteiger partial charge >= 0.3 is 0 Å². The minimum absolute atomic E-state index is 0.0243. The SMILES string of the molecule is CN(Cc1ccccc1)C(=O)c1cccc(NCC(=O)Nc2ccc(Cl)cc2Cl)c1. The smallest absolute Gasteiger partial charge is 0.253 e. The summed E-state index contributed by atoms with van der Waals surface area (Å²) in [6.45, 7) is 0.540. The van der Waals surface area contributed by atoms with Crippen molar-refractivity contribution in [1.82, 2.24) is 4.90 Å². The van der Waals surface area contributed by atoms with E-state index in [1.807, 2.05) is 30.3 Å². The van der Waals surface area contributed by atoms with Gasteiger partial charge in [0.15, 0.2) is 0 Å². The molecule has 3 rings (SSSR count). The Kier molecular flexibility index (Phi) is 7.33. The number of nitrogens with zero attached hydrogens (tertiary/aromatic N) is 1. The van der Waals surface area contributed by atoms with Crippen LogP contribution in [0.15, 0.2) is 72.8 Å². The molecule has 3 aromatic carbocycles. The van der Waals surface area contributed by atoms with Crippen LogP contribution in [0.5, 0.6) is 0 Å². The fourth-order valence-corrected chi connectivity index (χ4v) is 3.33. The zero-order valence-corrected chi connectivity index (χ0v) is 17.9. The first-order valence-corrected chi connectivity index (χ1v) is 10.1. The van der Waals surface area contributed by atoms with Crippen molar-refractivity contribution in [3.8, 4) is 0 Å². The third kappa shape index (κ3) is 5.99. The number of carbonyl (C=O) groups excluding carboxylic acids is 2. The molecule has 0 unspecified atom stereocenters. The highest BCUT2D eigenvalue weighted by Crippen LogP contribution is 2.25. The van der Waals surface area contributed by atoms with Crippen molar-refractivity contribution in [2.75, 3.05) is 24.2 Å². The standard InChI is InChI=1S/C23H21Cl2N3O2/c1-28(15-16-6-3-2-4-7-16)23(30)17-8-5-9-19(12-17)26-14-22(29)27-21-11-10-18(24)13-20(21)25/h2-13,26H,14-15H2,1H3,(H,27,29). The van der Waals surface area contributed by atoms with Gasteiger partial charge in [-0.15, -0.1) is 0 Å². The molecule has 3 aromatic rings. The molecular weight excluding hydrogens is 421 g/mol. The predicted molar refractivity (Wildman–Crippen MR) is 122 cm³/mol. The van der Waals surface area contributed by atoms with Crippen LogP contribution in [0.4, 0.5) is 11.4 Å². The number of benzene rings is 3. The quantitative estimate of drug-likeness (QED) is 0.521. The molecule has 154 valence electrons. The molecule has 0 saturated carbocycles. The Morgan fingerprint density at radius 2 is 1.70 bits per heavy atom. The summed E-state index contributed by atoms with van der Waals surface area (Å²) < 4.78 is 0. The average molecular weight is 442 g/mol. The van der Waals surface area contributed by atoms with Gasteiger partial charge in [0, 0.05) is 29.9 Å². The van der Waals surface area contributed by atoms with E-state index in [2.05, 4.69) is 10.6 Å². The Morgan fingerprint density at radius 3 is 2.43 bits per heavy atom. The molecule has 7 heteroatoms. The van der Waals surface area contributed by atoms with Gasteiger partial charge in [-0.3, -0.25) is 9.59 Å². The van der Waals surface area contributed by atoms with Crippen molar-refractivity contribution in [2.24, 2.45) is 0 Å². The topological polar surface area (TPSA) is 61.4 Å². The zero-order valence-electron chi connectivity index (χ0n) is 16.4. The van der Waals surface area contributed by atoms with Crippen LogP contribution in [-0.2, 0) is 11.3 Å². The molecule has 2 N–H and O–H groups in total. The Hall–Kier alpha value is -3.02. The first-order chi connectivity index (χ1) is 14.4. The maximum Gasteiger partial charge on any atom is 0.253 e. The molecule has 5 nitrogen and oxygen atoms in total. The van der Waals surface area contributed by atoms with E-state index >= 15 is 0 Å². The van der Waals surface area contributed by atoms with E-state index in [4.69, 9.17) is 23.2 Å². The predicted octanol–water partition coefficient (Wildman–Crippen LogP) is 5.32. The zero-order chi connectivity index (χ0) is 21.5. The summed E-state index contributed by atoms with van der Waals surface area (Å²) >= 11 is 11.9. The lowest BCUT2D eigenvalue weighted by Crippen LogP contribution is -2.26. The fourth-order valence-electron chi connectivity index (χ4n) is 2.88. The van der Waals surface area contributed by atoms with Gasteiger partial charge in [-0.05, 0) is 42.0 Å². The lowest BCUT2D eigenvalue weighted by atomic mass is 10.1.